The van der Waals surface area contributed by atoms with Gasteiger partial charge in [0.25, 0.3) is 0 Å². The van der Waals surface area contributed by atoms with E-state index < -0.39 is 0 Å². The number of hydrogen-bond acceptors (Lipinski definition) is 4. The highest BCUT2D eigenvalue weighted by molar-refractivity contribution is 6.31. The molecule has 0 aromatic carbocycles. The van der Waals surface area contributed by atoms with Gasteiger partial charge in [-0.1, -0.05) is 23.8 Å². The molecule has 0 radical (unpaired) electrons. The highest BCUT2D eigenvalue weighted by atomic mass is 35.5. The minimum atomic E-state index is 0.437. The molecule has 1 aliphatic heterocycles. The Labute approximate surface area is 135 Å². The van der Waals surface area contributed by atoms with Crippen LogP contribution in [0.25, 0.3) is 12.2 Å². The minimum absolute atomic E-state index is 0.437. The van der Waals surface area contributed by atoms with Crippen LogP contribution in [0.15, 0.2) is 36.8 Å². The molecule has 1 N–H and O–H groups in total. The van der Waals surface area contributed by atoms with E-state index >= 15 is 0 Å². The monoisotopic (exact) mass is 315 g/mol. The van der Waals surface area contributed by atoms with Gasteiger partial charge in [-0.3, -0.25) is 4.98 Å². The fourth-order valence-electron chi connectivity index (χ4n) is 2.40. The van der Waals surface area contributed by atoms with Crippen LogP contribution in [0, 0.1) is 0 Å². The molecule has 22 heavy (non-hydrogen) atoms. The molecule has 0 aliphatic carbocycles. The van der Waals surface area contributed by atoms with Crippen molar-refractivity contribution in [3.63, 3.8) is 0 Å². The fraction of sp³-hybridized carbons (Fsp3) is 0.294. The first kappa shape index (κ1) is 15.0. The Bertz CT molecular complexity index is 640. The van der Waals surface area contributed by atoms with Crippen LogP contribution in [0.5, 0.6) is 5.75 Å². The molecule has 0 bridgehead atoms. The third-order valence-corrected chi connectivity index (χ3v) is 3.93. The van der Waals surface area contributed by atoms with Gasteiger partial charge in [-0.2, -0.15) is 0 Å². The van der Waals surface area contributed by atoms with Crippen LogP contribution in [0.4, 0.5) is 0 Å². The van der Waals surface area contributed by atoms with E-state index in [2.05, 4.69) is 15.3 Å². The van der Waals surface area contributed by atoms with Gasteiger partial charge in [0, 0.05) is 24.0 Å². The molecule has 3 heterocycles. The summed E-state index contributed by atoms with van der Waals surface area (Å²) in [4.78, 5) is 8.19. The Balaban J connectivity index is 1.68. The van der Waals surface area contributed by atoms with Crippen molar-refractivity contribution in [3.8, 4) is 5.75 Å². The molecule has 2 aromatic rings. The Morgan fingerprint density at radius 3 is 2.95 bits per heavy atom. The van der Waals surface area contributed by atoms with E-state index in [1.165, 1.54) is 6.42 Å². The van der Waals surface area contributed by atoms with Gasteiger partial charge in [0.05, 0.1) is 6.20 Å². The molecule has 1 saturated heterocycles. The molecular weight excluding hydrogens is 298 g/mol. The van der Waals surface area contributed by atoms with Crippen molar-refractivity contribution in [2.45, 2.75) is 18.9 Å². The van der Waals surface area contributed by atoms with Crippen molar-refractivity contribution in [2.24, 2.45) is 0 Å². The molecule has 2 aromatic heterocycles. The van der Waals surface area contributed by atoms with Crippen LogP contribution in [-0.4, -0.2) is 29.2 Å². The lowest BCUT2D eigenvalue weighted by atomic mass is 10.2. The van der Waals surface area contributed by atoms with Crippen LogP contribution < -0.4 is 10.1 Å². The fourth-order valence-corrected chi connectivity index (χ4v) is 2.56. The van der Waals surface area contributed by atoms with E-state index in [1.54, 1.807) is 18.6 Å². The van der Waals surface area contributed by atoms with Crippen molar-refractivity contribution >= 4 is 23.8 Å². The van der Waals surface area contributed by atoms with Gasteiger partial charge in [-0.25, -0.2) is 4.98 Å². The summed E-state index contributed by atoms with van der Waals surface area (Å²) in [6.45, 7) is 1.74. The third kappa shape index (κ3) is 4.06. The van der Waals surface area contributed by atoms with E-state index in [0.717, 1.165) is 29.8 Å². The first-order valence-electron chi connectivity index (χ1n) is 7.41. The zero-order valence-electron chi connectivity index (χ0n) is 12.2. The molecule has 3 rings (SSSR count). The van der Waals surface area contributed by atoms with Crippen LogP contribution >= 0.6 is 11.6 Å². The molecule has 0 saturated carbocycles. The van der Waals surface area contributed by atoms with Gasteiger partial charge in [0.15, 0.2) is 0 Å². The molecule has 4 nitrogen and oxygen atoms in total. The van der Waals surface area contributed by atoms with Crippen LogP contribution in [0.3, 0.4) is 0 Å². The first-order valence-corrected chi connectivity index (χ1v) is 7.79. The van der Waals surface area contributed by atoms with Gasteiger partial charge in [-0.15, -0.1) is 0 Å². The number of ether oxygens (including phenoxy) is 1. The number of aromatic nitrogens is 2. The summed E-state index contributed by atoms with van der Waals surface area (Å²) in [7, 11) is 0. The number of nitrogens with one attached hydrogen (secondary N) is 1. The molecule has 114 valence electrons. The Morgan fingerprint density at radius 1 is 1.32 bits per heavy atom. The predicted molar refractivity (Wildman–Crippen MR) is 88.9 cm³/mol. The maximum atomic E-state index is 6.15. The van der Waals surface area contributed by atoms with Crippen molar-refractivity contribution in [1.82, 2.24) is 15.3 Å². The Hall–Kier alpha value is -1.91. The number of hydrogen-bond donors (Lipinski definition) is 1. The van der Waals surface area contributed by atoms with E-state index in [9.17, 15) is 0 Å². The third-order valence-electron chi connectivity index (χ3n) is 3.62. The van der Waals surface area contributed by atoms with Crippen molar-refractivity contribution in [3.05, 3.63) is 53.1 Å². The molecule has 1 unspecified atom stereocenters. The zero-order chi connectivity index (χ0) is 15.2. The molecule has 1 atom stereocenters. The average Bonchev–Trinajstić information content (AvgIpc) is 3.07. The van der Waals surface area contributed by atoms with E-state index in [0.29, 0.717) is 17.8 Å². The lowest BCUT2D eigenvalue weighted by Gasteiger charge is -2.12. The quantitative estimate of drug-likeness (QED) is 0.859. The Morgan fingerprint density at radius 2 is 2.18 bits per heavy atom. The normalized spacial score (nSPS) is 18.0. The molecule has 0 spiro atoms. The molecule has 0 amide bonds. The summed E-state index contributed by atoms with van der Waals surface area (Å²) >= 11 is 6.15. The maximum absolute atomic E-state index is 6.15. The number of halogens is 1. The zero-order valence-corrected chi connectivity index (χ0v) is 13.0. The molecule has 5 heteroatoms. The van der Waals surface area contributed by atoms with Gasteiger partial charge in [0.2, 0.25) is 0 Å². The highest BCUT2D eigenvalue weighted by Crippen LogP contribution is 2.22. The SMILES string of the molecule is Clc1ncc(OCC2CCCN2)cc1/C=C/c1ccncc1. The largest absolute Gasteiger partial charge is 0.490 e. The smallest absolute Gasteiger partial charge is 0.138 e. The summed E-state index contributed by atoms with van der Waals surface area (Å²) in [6, 6.07) is 6.22. The summed E-state index contributed by atoms with van der Waals surface area (Å²) in [5.41, 5.74) is 1.91. The average molecular weight is 316 g/mol. The topological polar surface area (TPSA) is 47.0 Å². The van der Waals surface area contributed by atoms with Gasteiger partial charge >= 0.3 is 0 Å². The van der Waals surface area contributed by atoms with Crippen LogP contribution in [0.2, 0.25) is 5.15 Å². The minimum Gasteiger partial charge on any atom is -0.490 e. The number of pyridine rings is 2. The van der Waals surface area contributed by atoms with Crippen molar-refractivity contribution in [2.75, 3.05) is 13.2 Å². The van der Waals surface area contributed by atoms with E-state index in [1.807, 2.05) is 30.4 Å². The number of nitrogens with zero attached hydrogens (tertiary/aromatic N) is 2. The summed E-state index contributed by atoms with van der Waals surface area (Å²) in [5, 5.41) is 3.88. The number of rotatable bonds is 5. The van der Waals surface area contributed by atoms with Crippen molar-refractivity contribution < 1.29 is 4.74 Å². The second-order valence-electron chi connectivity index (χ2n) is 5.27. The van der Waals surface area contributed by atoms with Crippen LogP contribution in [-0.2, 0) is 0 Å². The van der Waals surface area contributed by atoms with E-state index in [4.69, 9.17) is 16.3 Å². The highest BCUT2D eigenvalue weighted by Gasteiger charge is 2.14. The van der Waals surface area contributed by atoms with E-state index in [-0.39, 0.29) is 0 Å². The first-order chi connectivity index (χ1) is 10.8. The molecule has 1 aliphatic rings. The van der Waals surface area contributed by atoms with Gasteiger partial charge in [-0.05, 0) is 43.1 Å². The molecular formula is C17H18ClN3O. The maximum Gasteiger partial charge on any atom is 0.138 e. The lowest BCUT2D eigenvalue weighted by molar-refractivity contribution is 0.276. The standard InChI is InChI=1S/C17H18ClN3O/c18-17-14(4-3-13-5-8-19-9-6-13)10-16(11-21-17)22-12-15-2-1-7-20-15/h3-6,8-11,15,20H,1-2,7,12H2/b4-3+. The molecule has 1 fully saturated rings. The van der Waals surface area contributed by atoms with Gasteiger partial charge < -0.3 is 10.1 Å². The van der Waals surface area contributed by atoms with Crippen molar-refractivity contribution in [1.29, 1.82) is 0 Å². The summed E-state index contributed by atoms with van der Waals surface area (Å²) in [6.07, 6.45) is 11.5. The summed E-state index contributed by atoms with van der Waals surface area (Å²) < 4.78 is 5.81. The van der Waals surface area contributed by atoms with Gasteiger partial charge in [0.1, 0.15) is 17.5 Å². The second kappa shape index (κ2) is 7.38. The Kier molecular flexibility index (Phi) is 5.03. The predicted octanol–water partition coefficient (Wildman–Crippen LogP) is 3.43. The second-order valence-corrected chi connectivity index (χ2v) is 5.63. The van der Waals surface area contributed by atoms with Crippen LogP contribution in [0.1, 0.15) is 24.0 Å². The summed E-state index contributed by atoms with van der Waals surface area (Å²) in [5.74, 6) is 0.743. The lowest BCUT2D eigenvalue weighted by Crippen LogP contribution is -2.28.